The molecule has 1 fully saturated rings. The van der Waals surface area contributed by atoms with Gasteiger partial charge in [0.1, 0.15) is 0 Å². The van der Waals surface area contributed by atoms with E-state index in [0.717, 1.165) is 13.1 Å². The fraction of sp³-hybridized carbons (Fsp3) is 0.533. The zero-order valence-corrected chi connectivity index (χ0v) is 11.3. The van der Waals surface area contributed by atoms with Crippen LogP contribution in [-0.4, -0.2) is 19.0 Å². The first kappa shape index (κ1) is 12.9. The van der Waals surface area contributed by atoms with Crippen LogP contribution in [0.25, 0.3) is 0 Å². The first-order valence-electron chi connectivity index (χ1n) is 6.75. The van der Waals surface area contributed by atoms with Crippen LogP contribution in [0.2, 0.25) is 0 Å². The summed E-state index contributed by atoms with van der Waals surface area (Å²) in [5, 5.41) is 3.23. The summed E-state index contributed by atoms with van der Waals surface area (Å²) in [5.41, 5.74) is 7.27. The molecule has 0 bridgehead atoms. The monoisotopic (exact) mass is 245 g/mol. The fourth-order valence-corrected chi connectivity index (χ4v) is 2.15. The number of aliphatic imine (C=N–C) groups is 1. The van der Waals surface area contributed by atoms with Crippen molar-refractivity contribution < 1.29 is 0 Å². The molecule has 2 atom stereocenters. The Bertz CT molecular complexity index is 397. The fourth-order valence-electron chi connectivity index (χ4n) is 2.15. The Labute approximate surface area is 109 Å². The van der Waals surface area contributed by atoms with Crippen molar-refractivity contribution in [1.29, 1.82) is 0 Å². The van der Waals surface area contributed by atoms with E-state index >= 15 is 0 Å². The molecule has 0 aromatic heterocycles. The molecule has 1 aliphatic rings. The van der Waals surface area contributed by atoms with Gasteiger partial charge in [-0.05, 0) is 29.7 Å². The van der Waals surface area contributed by atoms with Crippen LogP contribution in [0.4, 0.5) is 0 Å². The lowest BCUT2D eigenvalue weighted by Crippen LogP contribution is -2.33. The van der Waals surface area contributed by atoms with Gasteiger partial charge in [-0.15, -0.1) is 0 Å². The number of hydrogen-bond acceptors (Lipinski definition) is 1. The quantitative estimate of drug-likeness (QED) is 0.618. The Hall–Kier alpha value is -1.51. The van der Waals surface area contributed by atoms with Gasteiger partial charge in [-0.2, -0.15) is 0 Å². The van der Waals surface area contributed by atoms with Crippen LogP contribution in [-0.2, 0) is 0 Å². The second-order valence-corrected chi connectivity index (χ2v) is 5.51. The lowest BCUT2D eigenvalue weighted by Gasteiger charge is -2.06. The van der Waals surface area contributed by atoms with Gasteiger partial charge in [-0.25, -0.2) is 0 Å². The highest BCUT2D eigenvalue weighted by Crippen LogP contribution is 2.46. The number of benzene rings is 1. The maximum absolute atomic E-state index is 5.82. The van der Waals surface area contributed by atoms with E-state index in [1.54, 1.807) is 0 Å². The zero-order chi connectivity index (χ0) is 13.0. The molecule has 0 heterocycles. The number of nitrogens with two attached hydrogens (primary N) is 1. The van der Waals surface area contributed by atoms with E-state index in [1.807, 2.05) is 0 Å². The lowest BCUT2D eigenvalue weighted by atomic mass is 10.1. The molecule has 2 rings (SSSR count). The maximum Gasteiger partial charge on any atom is 0.188 e. The number of nitrogens with zero attached hydrogens (tertiary/aromatic N) is 1. The van der Waals surface area contributed by atoms with Gasteiger partial charge in [0.25, 0.3) is 0 Å². The molecule has 0 radical (unpaired) electrons. The molecule has 1 aromatic rings. The highest BCUT2D eigenvalue weighted by atomic mass is 15.1. The zero-order valence-electron chi connectivity index (χ0n) is 11.3. The Kier molecular flexibility index (Phi) is 4.24. The summed E-state index contributed by atoms with van der Waals surface area (Å²) in [6.45, 7) is 6.02. The second-order valence-electron chi connectivity index (χ2n) is 5.51. The average Bonchev–Trinajstić information content (AvgIpc) is 3.14. The van der Waals surface area contributed by atoms with Crippen molar-refractivity contribution >= 4 is 5.96 Å². The molecule has 1 aliphatic carbocycles. The van der Waals surface area contributed by atoms with E-state index < -0.39 is 0 Å². The van der Waals surface area contributed by atoms with Crippen molar-refractivity contribution in [3.8, 4) is 0 Å². The van der Waals surface area contributed by atoms with Gasteiger partial charge in [0, 0.05) is 13.1 Å². The van der Waals surface area contributed by atoms with Crippen molar-refractivity contribution in [1.82, 2.24) is 5.32 Å². The minimum atomic E-state index is 0.559. The topological polar surface area (TPSA) is 50.4 Å². The third-order valence-corrected chi connectivity index (χ3v) is 3.32. The Balaban J connectivity index is 1.72. The van der Waals surface area contributed by atoms with Crippen molar-refractivity contribution in [3.05, 3.63) is 35.9 Å². The largest absolute Gasteiger partial charge is 0.370 e. The van der Waals surface area contributed by atoms with Crippen LogP contribution in [0.1, 0.15) is 31.7 Å². The van der Waals surface area contributed by atoms with E-state index in [-0.39, 0.29) is 0 Å². The SMILES string of the molecule is CC(C)CN=C(N)NCC1CC1c1ccccc1. The standard InChI is InChI=1S/C15H23N3/c1-11(2)9-17-15(16)18-10-13-8-14(13)12-6-4-3-5-7-12/h3-7,11,13-14H,8-10H2,1-2H3,(H3,16,17,18). The van der Waals surface area contributed by atoms with Crippen molar-refractivity contribution in [2.24, 2.45) is 22.6 Å². The summed E-state index contributed by atoms with van der Waals surface area (Å²) in [4.78, 5) is 4.30. The predicted octanol–water partition coefficient (Wildman–Crippen LogP) is 2.35. The van der Waals surface area contributed by atoms with E-state index in [0.29, 0.717) is 23.7 Å². The molecule has 3 nitrogen and oxygen atoms in total. The predicted molar refractivity (Wildman–Crippen MR) is 76.6 cm³/mol. The van der Waals surface area contributed by atoms with Gasteiger partial charge >= 0.3 is 0 Å². The molecule has 18 heavy (non-hydrogen) atoms. The number of rotatable bonds is 5. The van der Waals surface area contributed by atoms with Crippen LogP contribution in [0, 0.1) is 11.8 Å². The highest BCUT2D eigenvalue weighted by Gasteiger charge is 2.37. The van der Waals surface area contributed by atoms with E-state index in [9.17, 15) is 0 Å². The van der Waals surface area contributed by atoms with Gasteiger partial charge in [-0.3, -0.25) is 4.99 Å². The first-order chi connectivity index (χ1) is 8.66. The highest BCUT2D eigenvalue weighted by molar-refractivity contribution is 5.77. The summed E-state index contributed by atoms with van der Waals surface area (Å²) in [6, 6.07) is 10.7. The van der Waals surface area contributed by atoms with Crippen molar-refractivity contribution in [2.75, 3.05) is 13.1 Å². The Morgan fingerprint density at radius 1 is 1.39 bits per heavy atom. The van der Waals surface area contributed by atoms with Crippen LogP contribution in [0.5, 0.6) is 0 Å². The molecular formula is C15H23N3. The van der Waals surface area contributed by atoms with Gasteiger partial charge in [0.15, 0.2) is 5.96 Å². The molecule has 0 aliphatic heterocycles. The smallest absolute Gasteiger partial charge is 0.188 e. The van der Waals surface area contributed by atoms with E-state index in [4.69, 9.17) is 5.73 Å². The van der Waals surface area contributed by atoms with E-state index in [1.165, 1.54) is 12.0 Å². The third kappa shape index (κ3) is 3.76. The molecule has 1 saturated carbocycles. The molecule has 98 valence electrons. The molecule has 1 aromatic carbocycles. The summed E-state index contributed by atoms with van der Waals surface area (Å²) in [5.74, 6) is 2.56. The Morgan fingerprint density at radius 3 is 2.78 bits per heavy atom. The Morgan fingerprint density at radius 2 is 2.11 bits per heavy atom. The van der Waals surface area contributed by atoms with Gasteiger partial charge in [0.2, 0.25) is 0 Å². The molecule has 3 heteroatoms. The van der Waals surface area contributed by atoms with Gasteiger partial charge in [-0.1, -0.05) is 44.2 Å². The van der Waals surface area contributed by atoms with Crippen molar-refractivity contribution in [2.45, 2.75) is 26.2 Å². The lowest BCUT2D eigenvalue weighted by molar-refractivity contribution is 0.658. The van der Waals surface area contributed by atoms with E-state index in [2.05, 4.69) is 54.5 Å². The molecular weight excluding hydrogens is 222 g/mol. The molecule has 0 spiro atoms. The minimum Gasteiger partial charge on any atom is -0.370 e. The minimum absolute atomic E-state index is 0.559. The normalized spacial score (nSPS) is 23.2. The molecule has 2 unspecified atom stereocenters. The third-order valence-electron chi connectivity index (χ3n) is 3.32. The average molecular weight is 245 g/mol. The number of hydrogen-bond donors (Lipinski definition) is 2. The molecule has 3 N–H and O–H groups in total. The molecule has 0 amide bonds. The van der Waals surface area contributed by atoms with Crippen LogP contribution in [0.15, 0.2) is 35.3 Å². The summed E-state index contributed by atoms with van der Waals surface area (Å²) < 4.78 is 0. The summed E-state index contributed by atoms with van der Waals surface area (Å²) in [6.07, 6.45) is 1.26. The van der Waals surface area contributed by atoms with Crippen LogP contribution in [0.3, 0.4) is 0 Å². The maximum atomic E-state index is 5.82. The first-order valence-corrected chi connectivity index (χ1v) is 6.75. The van der Waals surface area contributed by atoms with Crippen LogP contribution < -0.4 is 11.1 Å². The second kappa shape index (κ2) is 5.89. The number of nitrogens with one attached hydrogen (secondary N) is 1. The van der Waals surface area contributed by atoms with Gasteiger partial charge < -0.3 is 11.1 Å². The summed E-state index contributed by atoms with van der Waals surface area (Å²) in [7, 11) is 0. The number of guanidine groups is 1. The van der Waals surface area contributed by atoms with Gasteiger partial charge in [0.05, 0.1) is 0 Å². The summed E-state index contributed by atoms with van der Waals surface area (Å²) >= 11 is 0. The van der Waals surface area contributed by atoms with Crippen LogP contribution >= 0.6 is 0 Å². The molecule has 0 saturated heterocycles. The van der Waals surface area contributed by atoms with Crippen molar-refractivity contribution in [3.63, 3.8) is 0 Å².